The lowest BCUT2D eigenvalue weighted by atomic mass is 10.1. The average Bonchev–Trinajstić information content (AvgIpc) is 2.97. The van der Waals surface area contributed by atoms with Crippen LogP contribution in [0, 0.1) is 0 Å². The molecule has 0 radical (unpaired) electrons. The van der Waals surface area contributed by atoms with Gasteiger partial charge in [0.2, 0.25) is 0 Å². The Labute approximate surface area is 108 Å². The maximum Gasteiger partial charge on any atom is 0.0802 e. The second-order valence-corrected chi connectivity index (χ2v) is 4.65. The lowest BCUT2D eigenvalue weighted by molar-refractivity contribution is 0.173. The Kier molecular flexibility index (Phi) is 3.87. The van der Waals surface area contributed by atoms with E-state index in [1.165, 1.54) is 5.69 Å². The van der Waals surface area contributed by atoms with E-state index in [-0.39, 0.29) is 6.10 Å². The van der Waals surface area contributed by atoms with E-state index in [4.69, 9.17) is 0 Å². The maximum absolute atomic E-state index is 9.77. The van der Waals surface area contributed by atoms with Gasteiger partial charge >= 0.3 is 0 Å². The molecule has 2 rings (SSSR count). The van der Waals surface area contributed by atoms with Gasteiger partial charge in [-0.1, -0.05) is 13.8 Å². The van der Waals surface area contributed by atoms with E-state index in [2.05, 4.69) is 22.7 Å². The van der Waals surface area contributed by atoms with Crippen molar-refractivity contribution in [1.29, 1.82) is 0 Å². The van der Waals surface area contributed by atoms with Gasteiger partial charge in [0.05, 0.1) is 24.0 Å². The smallest absolute Gasteiger partial charge is 0.0802 e. The minimum Gasteiger partial charge on any atom is -0.388 e. The Bertz CT molecular complexity index is 513. The summed E-state index contributed by atoms with van der Waals surface area (Å²) < 4.78 is 4.01. The largest absolute Gasteiger partial charge is 0.388 e. The Morgan fingerprint density at radius 2 is 2.17 bits per heavy atom. The Hall–Kier alpha value is -1.55. The van der Waals surface area contributed by atoms with Gasteiger partial charge in [0, 0.05) is 19.4 Å². The van der Waals surface area contributed by atoms with Crippen LogP contribution < -0.4 is 0 Å². The molecule has 0 aliphatic heterocycles. The van der Waals surface area contributed by atoms with Gasteiger partial charge in [-0.3, -0.25) is 4.68 Å². The summed E-state index contributed by atoms with van der Waals surface area (Å²) in [5, 5.41) is 14.2. The number of aliphatic hydroxyl groups excluding tert-OH is 1. The molecule has 18 heavy (non-hydrogen) atoms. The summed E-state index contributed by atoms with van der Waals surface area (Å²) >= 11 is 0. The molecule has 4 heteroatoms. The van der Waals surface area contributed by atoms with Crippen molar-refractivity contribution in [2.45, 2.75) is 39.3 Å². The molecule has 2 aromatic heterocycles. The number of aryl methyl sites for hydroxylation is 2. The zero-order valence-electron chi connectivity index (χ0n) is 11.3. The number of aliphatic hydroxyl groups is 1. The van der Waals surface area contributed by atoms with Crippen molar-refractivity contribution in [3.63, 3.8) is 0 Å². The minimum absolute atomic E-state index is 0.357. The van der Waals surface area contributed by atoms with Crippen LogP contribution in [0.5, 0.6) is 0 Å². The number of hydrogen-bond acceptors (Lipinski definition) is 2. The maximum atomic E-state index is 9.77. The third-order valence-corrected chi connectivity index (χ3v) is 3.28. The summed E-state index contributed by atoms with van der Waals surface area (Å²) in [5.74, 6) is 0. The fraction of sp³-hybridized carbons (Fsp3) is 0.500. The predicted octanol–water partition coefficient (Wildman–Crippen LogP) is 2.28. The molecule has 0 bridgehead atoms. The first kappa shape index (κ1) is 12.9. The van der Waals surface area contributed by atoms with Gasteiger partial charge in [0.15, 0.2) is 0 Å². The zero-order valence-corrected chi connectivity index (χ0v) is 11.3. The molecule has 0 amide bonds. The first-order valence-corrected chi connectivity index (χ1v) is 6.49. The van der Waals surface area contributed by atoms with E-state index in [1.54, 1.807) is 0 Å². The molecule has 0 aliphatic rings. The summed E-state index contributed by atoms with van der Waals surface area (Å²) in [5.41, 5.74) is 3.28. The molecule has 0 aliphatic carbocycles. The van der Waals surface area contributed by atoms with Crippen LogP contribution in [0.3, 0.4) is 0 Å². The van der Waals surface area contributed by atoms with Crippen LogP contribution >= 0.6 is 0 Å². The Balaban J connectivity index is 2.13. The molecular weight excluding hydrogens is 226 g/mol. The molecule has 0 spiro atoms. The fourth-order valence-electron chi connectivity index (χ4n) is 2.07. The third-order valence-electron chi connectivity index (χ3n) is 3.28. The van der Waals surface area contributed by atoms with Gasteiger partial charge in [-0.25, -0.2) is 0 Å². The van der Waals surface area contributed by atoms with Crippen LogP contribution in [-0.2, 0) is 20.0 Å². The fourth-order valence-corrected chi connectivity index (χ4v) is 2.07. The van der Waals surface area contributed by atoms with Crippen molar-refractivity contribution in [1.82, 2.24) is 14.3 Å². The molecule has 0 aromatic carbocycles. The quantitative estimate of drug-likeness (QED) is 0.880. The highest BCUT2D eigenvalue weighted by Gasteiger charge is 2.08. The SMILES string of the molecule is CCc1cc(Cn2ccc(C(O)CC)c2)n(C)n1. The predicted molar refractivity (Wildman–Crippen MR) is 71.4 cm³/mol. The van der Waals surface area contributed by atoms with Crippen molar-refractivity contribution in [3.8, 4) is 0 Å². The molecule has 0 saturated carbocycles. The summed E-state index contributed by atoms with van der Waals surface area (Å²) in [4.78, 5) is 0. The van der Waals surface area contributed by atoms with Gasteiger partial charge in [-0.2, -0.15) is 5.10 Å². The normalized spacial score (nSPS) is 12.9. The molecule has 4 nitrogen and oxygen atoms in total. The van der Waals surface area contributed by atoms with Gasteiger partial charge in [-0.05, 0) is 30.5 Å². The second kappa shape index (κ2) is 5.40. The number of nitrogens with zero attached hydrogens (tertiary/aromatic N) is 3. The molecule has 0 fully saturated rings. The second-order valence-electron chi connectivity index (χ2n) is 4.65. The van der Waals surface area contributed by atoms with Crippen LogP contribution in [-0.4, -0.2) is 19.5 Å². The Morgan fingerprint density at radius 3 is 2.78 bits per heavy atom. The molecule has 2 heterocycles. The van der Waals surface area contributed by atoms with E-state index in [9.17, 15) is 5.11 Å². The monoisotopic (exact) mass is 247 g/mol. The highest BCUT2D eigenvalue weighted by molar-refractivity contribution is 5.16. The zero-order chi connectivity index (χ0) is 13.1. The summed E-state index contributed by atoms with van der Waals surface area (Å²) in [6.07, 6.45) is 5.36. The van der Waals surface area contributed by atoms with Crippen molar-refractivity contribution < 1.29 is 5.11 Å². The van der Waals surface area contributed by atoms with E-state index < -0.39 is 0 Å². The topological polar surface area (TPSA) is 43.0 Å². The van der Waals surface area contributed by atoms with Crippen molar-refractivity contribution in [2.75, 3.05) is 0 Å². The highest BCUT2D eigenvalue weighted by atomic mass is 16.3. The average molecular weight is 247 g/mol. The van der Waals surface area contributed by atoms with E-state index in [0.29, 0.717) is 0 Å². The Morgan fingerprint density at radius 1 is 1.39 bits per heavy atom. The number of aromatic nitrogens is 3. The summed E-state index contributed by atoms with van der Waals surface area (Å²) in [6, 6.07) is 4.11. The van der Waals surface area contributed by atoms with Gasteiger partial charge < -0.3 is 9.67 Å². The standard InChI is InChI=1S/C14H21N3O/c1-4-12-8-13(16(3)15-12)10-17-7-6-11(9-17)14(18)5-2/h6-9,14,18H,4-5,10H2,1-3H3. The molecule has 1 unspecified atom stereocenters. The first-order chi connectivity index (χ1) is 8.63. The summed E-state index contributed by atoms with van der Waals surface area (Å²) in [7, 11) is 1.97. The van der Waals surface area contributed by atoms with Gasteiger partial charge in [0.25, 0.3) is 0 Å². The summed E-state index contributed by atoms with van der Waals surface area (Å²) in [6.45, 7) is 4.88. The van der Waals surface area contributed by atoms with Crippen molar-refractivity contribution in [2.24, 2.45) is 7.05 Å². The molecular formula is C14H21N3O. The highest BCUT2D eigenvalue weighted by Crippen LogP contribution is 2.17. The van der Waals surface area contributed by atoms with Crippen LogP contribution in [0.1, 0.15) is 43.3 Å². The number of hydrogen-bond donors (Lipinski definition) is 1. The lowest BCUT2D eigenvalue weighted by Gasteiger charge is -2.05. The van der Waals surface area contributed by atoms with Crippen molar-refractivity contribution in [3.05, 3.63) is 41.5 Å². The van der Waals surface area contributed by atoms with Crippen LogP contribution in [0.25, 0.3) is 0 Å². The van der Waals surface area contributed by atoms with Crippen LogP contribution in [0.4, 0.5) is 0 Å². The molecule has 0 saturated heterocycles. The van der Waals surface area contributed by atoms with Crippen LogP contribution in [0.2, 0.25) is 0 Å². The van der Waals surface area contributed by atoms with E-state index in [0.717, 1.165) is 30.6 Å². The minimum atomic E-state index is -0.357. The first-order valence-electron chi connectivity index (χ1n) is 6.49. The van der Waals surface area contributed by atoms with Gasteiger partial charge in [0.1, 0.15) is 0 Å². The lowest BCUT2D eigenvalue weighted by Crippen LogP contribution is -2.04. The van der Waals surface area contributed by atoms with Crippen molar-refractivity contribution >= 4 is 0 Å². The molecule has 2 aromatic rings. The number of rotatable bonds is 5. The molecule has 1 N–H and O–H groups in total. The van der Waals surface area contributed by atoms with Crippen LogP contribution in [0.15, 0.2) is 24.5 Å². The van der Waals surface area contributed by atoms with Gasteiger partial charge in [-0.15, -0.1) is 0 Å². The third kappa shape index (κ3) is 2.64. The van der Waals surface area contributed by atoms with E-state index >= 15 is 0 Å². The van der Waals surface area contributed by atoms with E-state index in [1.807, 2.05) is 37.1 Å². The molecule has 1 atom stereocenters. The molecule has 98 valence electrons.